The van der Waals surface area contributed by atoms with Gasteiger partial charge in [0.2, 0.25) is 5.91 Å². The van der Waals surface area contributed by atoms with Gasteiger partial charge >= 0.3 is 6.09 Å². The summed E-state index contributed by atoms with van der Waals surface area (Å²) in [5.41, 5.74) is 3.52. The summed E-state index contributed by atoms with van der Waals surface area (Å²) in [5, 5.41) is 2.80. The van der Waals surface area contributed by atoms with Crippen LogP contribution in [0.3, 0.4) is 0 Å². The number of nitrogens with one attached hydrogen (secondary N) is 1. The molecule has 4 rings (SSSR count). The lowest BCUT2D eigenvalue weighted by atomic mass is 9.74. The predicted octanol–water partition coefficient (Wildman–Crippen LogP) is 5.00. The van der Waals surface area contributed by atoms with Gasteiger partial charge < -0.3 is 15.0 Å². The maximum Gasteiger partial charge on any atom is 0.407 e. The van der Waals surface area contributed by atoms with E-state index in [0.717, 1.165) is 38.8 Å². The molecule has 0 bridgehead atoms. The molecule has 1 N–H and O–H groups in total. The van der Waals surface area contributed by atoms with Gasteiger partial charge in [0.1, 0.15) is 0 Å². The maximum absolute atomic E-state index is 12.9. The summed E-state index contributed by atoms with van der Waals surface area (Å²) >= 11 is 0. The largest absolute Gasteiger partial charge is 0.453 e. The van der Waals surface area contributed by atoms with E-state index in [-0.39, 0.29) is 23.3 Å². The van der Waals surface area contributed by atoms with Crippen LogP contribution in [0.5, 0.6) is 0 Å². The molecule has 170 valence electrons. The van der Waals surface area contributed by atoms with Crippen molar-refractivity contribution in [1.82, 2.24) is 10.2 Å². The quantitative estimate of drug-likeness (QED) is 0.740. The number of nitrogens with zero attached hydrogens (tertiary/aromatic N) is 1. The first kappa shape index (κ1) is 22.2. The average Bonchev–Trinajstić information content (AvgIpc) is 3.13. The Labute approximate surface area is 186 Å². The number of carbonyl (C=O) groups is 2. The Bertz CT molecular complexity index is 814. The van der Waals surface area contributed by atoms with Crippen molar-refractivity contribution in [2.75, 3.05) is 20.2 Å². The third-order valence-corrected chi connectivity index (χ3v) is 8.06. The van der Waals surface area contributed by atoms with Crippen LogP contribution in [-0.2, 0) is 14.9 Å². The molecular formula is C26H38N2O3. The lowest BCUT2D eigenvalue weighted by molar-refractivity contribution is -0.141. The van der Waals surface area contributed by atoms with Gasteiger partial charge in [-0.1, -0.05) is 45.0 Å². The van der Waals surface area contributed by atoms with Crippen LogP contribution in [0.15, 0.2) is 24.3 Å². The van der Waals surface area contributed by atoms with Crippen molar-refractivity contribution in [3.05, 3.63) is 35.4 Å². The van der Waals surface area contributed by atoms with E-state index >= 15 is 0 Å². The molecule has 1 aromatic carbocycles. The van der Waals surface area contributed by atoms with E-state index in [4.69, 9.17) is 0 Å². The second kappa shape index (κ2) is 8.48. The molecule has 5 nitrogen and oxygen atoms in total. The normalized spacial score (nSPS) is 27.6. The van der Waals surface area contributed by atoms with Crippen LogP contribution in [0, 0.1) is 11.3 Å². The van der Waals surface area contributed by atoms with Gasteiger partial charge in [-0.2, -0.15) is 0 Å². The molecule has 1 saturated heterocycles. The zero-order valence-electron chi connectivity index (χ0n) is 19.6. The van der Waals surface area contributed by atoms with Crippen LogP contribution in [0.4, 0.5) is 4.79 Å². The number of carbonyl (C=O) groups excluding carboxylic acids is 2. The zero-order chi connectivity index (χ0) is 22.2. The van der Waals surface area contributed by atoms with Gasteiger partial charge in [-0.15, -0.1) is 0 Å². The Hall–Kier alpha value is -2.04. The fraction of sp³-hybridized carbons (Fsp3) is 0.692. The minimum atomic E-state index is -0.403. The summed E-state index contributed by atoms with van der Waals surface area (Å²) in [5.74, 6) is 0.999. The molecule has 1 spiro atoms. The molecule has 31 heavy (non-hydrogen) atoms. The third kappa shape index (κ3) is 4.75. The number of ether oxygens (including phenoxy) is 1. The van der Waals surface area contributed by atoms with E-state index in [1.165, 1.54) is 37.5 Å². The van der Waals surface area contributed by atoms with Crippen molar-refractivity contribution in [3.8, 4) is 0 Å². The third-order valence-electron chi connectivity index (χ3n) is 8.06. The fourth-order valence-electron chi connectivity index (χ4n) is 5.83. The lowest BCUT2D eigenvalue weighted by Crippen LogP contribution is -2.52. The molecule has 1 unspecified atom stereocenters. The topological polar surface area (TPSA) is 58.6 Å². The van der Waals surface area contributed by atoms with E-state index in [9.17, 15) is 9.59 Å². The highest BCUT2D eigenvalue weighted by Gasteiger charge is 2.44. The van der Waals surface area contributed by atoms with E-state index in [2.05, 4.69) is 60.0 Å². The second-order valence-corrected chi connectivity index (χ2v) is 11.1. The Morgan fingerprint density at radius 1 is 1.13 bits per heavy atom. The first-order valence-corrected chi connectivity index (χ1v) is 11.9. The Kier molecular flexibility index (Phi) is 6.06. The van der Waals surface area contributed by atoms with Crippen molar-refractivity contribution in [2.24, 2.45) is 11.3 Å². The van der Waals surface area contributed by atoms with Gasteiger partial charge in [-0.25, -0.2) is 4.79 Å². The molecule has 0 radical (unpaired) electrons. The molecule has 3 fully saturated rings. The molecule has 2 aliphatic carbocycles. The number of piperidine rings is 1. The molecular weight excluding hydrogens is 388 g/mol. The minimum absolute atomic E-state index is 0.0627. The van der Waals surface area contributed by atoms with Gasteiger partial charge in [0.15, 0.2) is 0 Å². The average molecular weight is 427 g/mol. The van der Waals surface area contributed by atoms with Gasteiger partial charge in [0.25, 0.3) is 0 Å². The summed E-state index contributed by atoms with van der Waals surface area (Å²) in [4.78, 5) is 26.3. The number of hydrogen-bond acceptors (Lipinski definition) is 3. The standard InChI is InChI=1S/C26H38N2O3/c1-25(2,3)21-7-5-6-18(14-21)19-8-9-26(17-19)10-12-28(13-11-26)23(29)20-15-22(16-20)27-24(30)31-4/h5-7,14,19-20,22H,8-13,15-17H2,1-4H3,(H,27,30). The van der Waals surface area contributed by atoms with Crippen molar-refractivity contribution in [1.29, 1.82) is 0 Å². The van der Waals surface area contributed by atoms with E-state index in [1.54, 1.807) is 0 Å². The summed E-state index contributed by atoms with van der Waals surface area (Å²) < 4.78 is 4.64. The molecule has 2 amide bonds. The number of rotatable bonds is 3. The highest BCUT2D eigenvalue weighted by molar-refractivity contribution is 5.80. The van der Waals surface area contributed by atoms with Crippen LogP contribution in [0.25, 0.3) is 0 Å². The summed E-state index contributed by atoms with van der Waals surface area (Å²) in [6.45, 7) is 8.62. The van der Waals surface area contributed by atoms with Crippen molar-refractivity contribution in [3.63, 3.8) is 0 Å². The Morgan fingerprint density at radius 2 is 1.84 bits per heavy atom. The zero-order valence-corrected chi connectivity index (χ0v) is 19.6. The van der Waals surface area contributed by atoms with Gasteiger partial charge in [-0.05, 0) is 72.8 Å². The molecule has 1 aromatic rings. The SMILES string of the molecule is COC(=O)NC1CC(C(=O)N2CCC3(CCC(c4cccc(C(C)(C)C)c4)C3)CC2)C1. The summed E-state index contributed by atoms with van der Waals surface area (Å²) in [6, 6.07) is 9.30. The van der Waals surface area contributed by atoms with Crippen LogP contribution in [0.2, 0.25) is 0 Å². The van der Waals surface area contributed by atoms with E-state index in [1.807, 2.05) is 0 Å². The molecule has 0 aromatic heterocycles. The van der Waals surface area contributed by atoms with Crippen LogP contribution >= 0.6 is 0 Å². The first-order chi connectivity index (χ1) is 14.7. The summed E-state index contributed by atoms with van der Waals surface area (Å²) in [7, 11) is 1.37. The highest BCUT2D eigenvalue weighted by Crippen LogP contribution is 2.52. The monoisotopic (exact) mass is 426 g/mol. The van der Waals surface area contributed by atoms with Crippen LogP contribution in [-0.4, -0.2) is 43.1 Å². The van der Waals surface area contributed by atoms with Crippen molar-refractivity contribution >= 4 is 12.0 Å². The van der Waals surface area contributed by atoms with Crippen molar-refractivity contribution < 1.29 is 14.3 Å². The molecule has 5 heteroatoms. The van der Waals surface area contributed by atoms with Gasteiger partial charge in [0, 0.05) is 25.0 Å². The summed E-state index contributed by atoms with van der Waals surface area (Å²) in [6.07, 6.45) is 7.15. The van der Waals surface area contributed by atoms with Gasteiger partial charge in [-0.3, -0.25) is 4.79 Å². The van der Waals surface area contributed by atoms with E-state index in [0.29, 0.717) is 11.3 Å². The lowest BCUT2D eigenvalue weighted by Gasteiger charge is -2.43. The van der Waals surface area contributed by atoms with E-state index < -0.39 is 6.09 Å². The van der Waals surface area contributed by atoms with Crippen LogP contribution in [0.1, 0.15) is 82.8 Å². The number of amides is 2. The fourth-order valence-corrected chi connectivity index (χ4v) is 5.83. The number of alkyl carbamates (subject to hydrolysis) is 1. The molecule has 1 aliphatic heterocycles. The number of methoxy groups -OCH3 is 1. The molecule has 3 aliphatic rings. The Balaban J connectivity index is 1.28. The molecule has 2 saturated carbocycles. The predicted molar refractivity (Wildman–Crippen MR) is 122 cm³/mol. The Morgan fingerprint density at radius 3 is 2.48 bits per heavy atom. The highest BCUT2D eigenvalue weighted by atomic mass is 16.5. The smallest absolute Gasteiger partial charge is 0.407 e. The maximum atomic E-state index is 12.9. The molecule has 1 atom stereocenters. The number of likely N-dealkylation sites (tertiary alicyclic amines) is 1. The van der Waals surface area contributed by atoms with Crippen molar-refractivity contribution in [2.45, 2.75) is 83.1 Å². The minimum Gasteiger partial charge on any atom is -0.453 e. The number of benzene rings is 1. The number of hydrogen-bond donors (Lipinski definition) is 1. The van der Waals surface area contributed by atoms with Gasteiger partial charge in [0.05, 0.1) is 7.11 Å². The first-order valence-electron chi connectivity index (χ1n) is 11.9. The molecule has 1 heterocycles. The van der Waals surface area contributed by atoms with Crippen LogP contribution < -0.4 is 5.32 Å². The second-order valence-electron chi connectivity index (χ2n) is 11.1.